The number of benzene rings is 1. The second-order valence-electron chi connectivity index (χ2n) is 8.63. The fourth-order valence-corrected chi connectivity index (χ4v) is 4.60. The van der Waals surface area contributed by atoms with Crippen LogP contribution in [0.3, 0.4) is 0 Å². The molecule has 2 fully saturated rings. The van der Waals surface area contributed by atoms with Gasteiger partial charge in [-0.1, -0.05) is 0 Å². The Morgan fingerprint density at radius 3 is 2.48 bits per heavy atom. The van der Waals surface area contributed by atoms with E-state index in [2.05, 4.69) is 20.3 Å². The van der Waals surface area contributed by atoms with Crippen LogP contribution < -0.4 is 10.2 Å². The standard InChI is InChI=1S/C22H25F3N6O2/c1-30(19-16(24)8-12(23)9-17(19)25)22-28-18-10-26-21(27-13-2-4-15(32)5-3-13)29-20(18)31(22)14-6-7-33-11-14/h8-10,13-15,32H,2-7,11H2,1H3,(H,26,27,29). The van der Waals surface area contributed by atoms with Gasteiger partial charge in [0.15, 0.2) is 17.3 Å². The van der Waals surface area contributed by atoms with Crippen molar-refractivity contribution in [3.63, 3.8) is 0 Å². The van der Waals surface area contributed by atoms with Gasteiger partial charge in [-0.2, -0.15) is 4.98 Å². The molecule has 1 aliphatic heterocycles. The lowest BCUT2D eigenvalue weighted by Crippen LogP contribution is -2.29. The van der Waals surface area contributed by atoms with Crippen LogP contribution in [0.1, 0.15) is 38.1 Å². The lowest BCUT2D eigenvalue weighted by atomic mass is 9.93. The summed E-state index contributed by atoms with van der Waals surface area (Å²) in [5.41, 5.74) is 0.582. The van der Waals surface area contributed by atoms with Crippen molar-refractivity contribution in [3.8, 4) is 0 Å². The van der Waals surface area contributed by atoms with Gasteiger partial charge in [0.25, 0.3) is 0 Å². The van der Waals surface area contributed by atoms with E-state index in [-0.39, 0.29) is 24.1 Å². The molecular formula is C22H25F3N6O2. The van der Waals surface area contributed by atoms with Gasteiger partial charge in [0.05, 0.1) is 24.9 Å². The summed E-state index contributed by atoms with van der Waals surface area (Å²) in [7, 11) is 1.48. The Labute approximate surface area is 188 Å². The van der Waals surface area contributed by atoms with Gasteiger partial charge in [-0.3, -0.25) is 4.57 Å². The number of aliphatic hydroxyl groups is 1. The van der Waals surface area contributed by atoms with Crippen LogP contribution in [-0.2, 0) is 4.74 Å². The first kappa shape index (κ1) is 21.9. The Balaban J connectivity index is 1.55. The van der Waals surface area contributed by atoms with Gasteiger partial charge in [-0.05, 0) is 32.1 Å². The molecule has 176 valence electrons. The first-order chi connectivity index (χ1) is 15.9. The summed E-state index contributed by atoms with van der Waals surface area (Å²) in [6.07, 6.45) is 5.07. The summed E-state index contributed by atoms with van der Waals surface area (Å²) in [4.78, 5) is 14.9. The second kappa shape index (κ2) is 8.79. The number of anilines is 3. The number of aromatic nitrogens is 4. The molecule has 1 unspecified atom stereocenters. The molecule has 8 nitrogen and oxygen atoms in total. The maximum Gasteiger partial charge on any atom is 0.224 e. The fraction of sp³-hybridized carbons (Fsp3) is 0.500. The van der Waals surface area contributed by atoms with E-state index >= 15 is 0 Å². The molecule has 0 radical (unpaired) electrons. The van der Waals surface area contributed by atoms with Crippen LogP contribution in [0.15, 0.2) is 18.3 Å². The molecule has 0 amide bonds. The molecule has 5 rings (SSSR count). The second-order valence-corrected chi connectivity index (χ2v) is 8.63. The topological polar surface area (TPSA) is 88.3 Å². The van der Waals surface area contributed by atoms with E-state index in [0.717, 1.165) is 25.7 Å². The molecular weight excluding hydrogens is 437 g/mol. The van der Waals surface area contributed by atoms with Crippen molar-refractivity contribution in [2.45, 2.75) is 50.3 Å². The number of imidazole rings is 1. The van der Waals surface area contributed by atoms with E-state index in [9.17, 15) is 18.3 Å². The molecule has 33 heavy (non-hydrogen) atoms. The zero-order valence-electron chi connectivity index (χ0n) is 18.1. The largest absolute Gasteiger partial charge is 0.393 e. The Morgan fingerprint density at radius 1 is 1.09 bits per heavy atom. The molecule has 3 aromatic rings. The molecule has 11 heteroatoms. The van der Waals surface area contributed by atoms with Gasteiger partial charge >= 0.3 is 0 Å². The van der Waals surface area contributed by atoms with Crippen molar-refractivity contribution < 1.29 is 23.0 Å². The van der Waals surface area contributed by atoms with Gasteiger partial charge < -0.3 is 20.1 Å². The summed E-state index contributed by atoms with van der Waals surface area (Å²) in [6.45, 7) is 0.960. The summed E-state index contributed by atoms with van der Waals surface area (Å²) in [5.74, 6) is -2.35. The maximum atomic E-state index is 14.5. The third-order valence-corrected chi connectivity index (χ3v) is 6.33. The van der Waals surface area contributed by atoms with Crippen LogP contribution in [0.25, 0.3) is 11.2 Å². The van der Waals surface area contributed by atoms with Crippen molar-refractivity contribution in [2.75, 3.05) is 30.5 Å². The van der Waals surface area contributed by atoms with Crippen LogP contribution in [0.4, 0.5) is 30.8 Å². The van der Waals surface area contributed by atoms with E-state index in [0.29, 0.717) is 48.9 Å². The van der Waals surface area contributed by atoms with Crippen molar-refractivity contribution in [3.05, 3.63) is 35.8 Å². The van der Waals surface area contributed by atoms with Crippen molar-refractivity contribution >= 4 is 28.7 Å². The van der Waals surface area contributed by atoms with Crippen molar-refractivity contribution in [1.82, 2.24) is 19.5 Å². The number of fused-ring (bicyclic) bond motifs is 1. The van der Waals surface area contributed by atoms with Gasteiger partial charge in [0, 0.05) is 31.8 Å². The highest BCUT2D eigenvalue weighted by Crippen LogP contribution is 2.35. The van der Waals surface area contributed by atoms with Gasteiger partial charge in [0.1, 0.15) is 17.0 Å². The molecule has 1 aromatic carbocycles. The SMILES string of the molecule is CN(c1c(F)cc(F)cc1F)c1nc2cnc(NC3CCC(O)CC3)nc2n1C1CCOC1. The number of nitrogens with zero attached hydrogens (tertiary/aromatic N) is 5. The van der Waals surface area contributed by atoms with Crippen LogP contribution in [0.2, 0.25) is 0 Å². The third-order valence-electron chi connectivity index (χ3n) is 6.33. The number of hydrogen-bond acceptors (Lipinski definition) is 7. The van der Waals surface area contributed by atoms with E-state index in [4.69, 9.17) is 4.74 Å². The van der Waals surface area contributed by atoms with Crippen LogP contribution in [0.5, 0.6) is 0 Å². The number of ether oxygens (including phenoxy) is 1. The van der Waals surface area contributed by atoms with Crippen LogP contribution in [-0.4, -0.2) is 57.0 Å². The van der Waals surface area contributed by atoms with E-state index < -0.39 is 23.1 Å². The Kier molecular flexibility index (Phi) is 5.83. The van der Waals surface area contributed by atoms with Crippen LogP contribution in [0, 0.1) is 17.5 Å². The third kappa shape index (κ3) is 4.22. The first-order valence-corrected chi connectivity index (χ1v) is 11.1. The van der Waals surface area contributed by atoms with Gasteiger partial charge in [-0.25, -0.2) is 23.1 Å². The minimum atomic E-state index is -1.02. The minimum Gasteiger partial charge on any atom is -0.393 e. The molecule has 1 saturated carbocycles. The predicted octanol–water partition coefficient (Wildman–Crippen LogP) is 3.69. The smallest absolute Gasteiger partial charge is 0.224 e. The summed E-state index contributed by atoms with van der Waals surface area (Å²) in [6, 6.07) is 1.31. The summed E-state index contributed by atoms with van der Waals surface area (Å²) in [5, 5.41) is 13.1. The highest BCUT2D eigenvalue weighted by atomic mass is 19.1. The van der Waals surface area contributed by atoms with Crippen molar-refractivity contribution in [2.24, 2.45) is 0 Å². The molecule has 0 spiro atoms. The zero-order chi connectivity index (χ0) is 23.1. The number of aliphatic hydroxyl groups excluding tert-OH is 1. The van der Waals surface area contributed by atoms with Crippen molar-refractivity contribution in [1.29, 1.82) is 0 Å². The number of halogens is 3. The molecule has 0 bridgehead atoms. The average Bonchev–Trinajstić information content (AvgIpc) is 3.42. The highest BCUT2D eigenvalue weighted by Gasteiger charge is 2.29. The normalized spacial score (nSPS) is 23.2. The molecule has 3 heterocycles. The zero-order valence-corrected chi connectivity index (χ0v) is 18.1. The fourth-order valence-electron chi connectivity index (χ4n) is 4.60. The molecule has 2 aliphatic rings. The molecule has 2 aromatic heterocycles. The molecule has 2 N–H and O–H groups in total. The maximum absolute atomic E-state index is 14.5. The average molecular weight is 462 g/mol. The summed E-state index contributed by atoms with van der Waals surface area (Å²) >= 11 is 0. The summed E-state index contributed by atoms with van der Waals surface area (Å²) < 4.78 is 49.9. The Hall–Kier alpha value is -2.92. The van der Waals surface area contributed by atoms with Crippen LogP contribution >= 0.6 is 0 Å². The van der Waals surface area contributed by atoms with Gasteiger partial charge in [-0.15, -0.1) is 0 Å². The number of hydrogen-bond donors (Lipinski definition) is 2. The minimum absolute atomic E-state index is 0.133. The van der Waals surface area contributed by atoms with E-state index in [1.165, 1.54) is 11.9 Å². The molecule has 1 aliphatic carbocycles. The lowest BCUT2D eigenvalue weighted by molar-refractivity contribution is 0.126. The van der Waals surface area contributed by atoms with E-state index in [1.807, 2.05) is 4.57 Å². The lowest BCUT2D eigenvalue weighted by Gasteiger charge is -2.26. The Bertz CT molecular complexity index is 1140. The number of rotatable bonds is 5. The monoisotopic (exact) mass is 462 g/mol. The Morgan fingerprint density at radius 2 is 1.82 bits per heavy atom. The van der Waals surface area contributed by atoms with Gasteiger partial charge in [0.2, 0.25) is 11.9 Å². The number of nitrogens with one attached hydrogen (secondary N) is 1. The molecule has 1 saturated heterocycles. The highest BCUT2D eigenvalue weighted by molar-refractivity contribution is 5.77. The quantitative estimate of drug-likeness (QED) is 0.598. The molecule has 1 atom stereocenters. The predicted molar refractivity (Wildman–Crippen MR) is 116 cm³/mol. The first-order valence-electron chi connectivity index (χ1n) is 11.1. The van der Waals surface area contributed by atoms with E-state index in [1.54, 1.807) is 6.20 Å².